The molecule has 0 saturated heterocycles. The van der Waals surface area contributed by atoms with Crippen molar-refractivity contribution in [2.24, 2.45) is 5.92 Å². The third-order valence-corrected chi connectivity index (χ3v) is 3.29. The normalized spacial score (nSPS) is 10.8. The van der Waals surface area contributed by atoms with Crippen LogP contribution in [0.4, 0.5) is 0 Å². The summed E-state index contributed by atoms with van der Waals surface area (Å²) in [4.78, 5) is 11.4. The Balaban J connectivity index is 2.48. The smallest absolute Gasteiger partial charge is 0.336 e. The molecule has 2 aromatic carbocycles. The molecule has 0 heterocycles. The first kappa shape index (κ1) is 14.3. The third-order valence-electron chi connectivity index (χ3n) is 3.29. The minimum atomic E-state index is -0.877. The number of carbonyl (C=O) groups is 1. The Hall–Kier alpha value is -2.09. The zero-order chi connectivity index (χ0) is 14.7. The predicted molar refractivity (Wildman–Crippen MR) is 82.1 cm³/mol. The topological polar surface area (TPSA) is 37.3 Å². The first-order valence-corrected chi connectivity index (χ1v) is 6.90. The molecule has 0 atom stereocenters. The van der Waals surface area contributed by atoms with Crippen LogP contribution in [0.2, 0.25) is 0 Å². The molecule has 20 heavy (non-hydrogen) atoms. The van der Waals surface area contributed by atoms with E-state index in [0.717, 1.165) is 23.1 Å². The monoisotopic (exact) mass is 268 g/mol. The summed E-state index contributed by atoms with van der Waals surface area (Å²) in [6.45, 7) is 6.27. The maximum atomic E-state index is 11.4. The van der Waals surface area contributed by atoms with Crippen LogP contribution in [0, 0.1) is 12.8 Å². The molecule has 0 amide bonds. The van der Waals surface area contributed by atoms with Gasteiger partial charge in [0.2, 0.25) is 0 Å². The molecule has 0 spiro atoms. The lowest BCUT2D eigenvalue weighted by Crippen LogP contribution is -2.01. The molecule has 2 aromatic rings. The van der Waals surface area contributed by atoms with Crippen LogP contribution in [-0.2, 0) is 6.42 Å². The highest BCUT2D eigenvalue weighted by atomic mass is 16.4. The number of rotatable bonds is 4. The molecule has 0 unspecified atom stereocenters. The molecule has 0 aliphatic heterocycles. The number of benzene rings is 2. The van der Waals surface area contributed by atoms with Crippen molar-refractivity contribution >= 4 is 5.97 Å². The quantitative estimate of drug-likeness (QED) is 0.882. The molecular formula is C18H20O2. The van der Waals surface area contributed by atoms with Crippen molar-refractivity contribution < 1.29 is 9.90 Å². The molecule has 104 valence electrons. The zero-order valence-corrected chi connectivity index (χ0v) is 12.2. The molecule has 0 radical (unpaired) electrons. The summed E-state index contributed by atoms with van der Waals surface area (Å²) in [7, 11) is 0. The minimum absolute atomic E-state index is 0.367. The molecule has 0 aromatic heterocycles. The van der Waals surface area contributed by atoms with Gasteiger partial charge in [0, 0.05) is 0 Å². The average molecular weight is 268 g/mol. The lowest BCUT2D eigenvalue weighted by Gasteiger charge is -2.10. The van der Waals surface area contributed by atoms with E-state index in [1.807, 2.05) is 31.2 Å². The number of carboxylic acid groups (broad SMARTS) is 1. The van der Waals surface area contributed by atoms with E-state index in [2.05, 4.69) is 26.0 Å². The Labute approximate surface area is 120 Å². The van der Waals surface area contributed by atoms with Crippen LogP contribution in [0.5, 0.6) is 0 Å². The Morgan fingerprint density at radius 1 is 1.15 bits per heavy atom. The summed E-state index contributed by atoms with van der Waals surface area (Å²) in [5, 5.41) is 9.37. The molecule has 0 bridgehead atoms. The van der Waals surface area contributed by atoms with E-state index < -0.39 is 5.97 Å². The standard InChI is InChI=1S/C18H20O2/c1-12(2)9-14-5-4-6-15(11-14)16-8-7-13(3)10-17(16)18(19)20/h4-8,10-12H,9H2,1-3H3,(H,19,20). The van der Waals surface area contributed by atoms with Crippen molar-refractivity contribution in [1.29, 1.82) is 0 Å². The van der Waals surface area contributed by atoms with Gasteiger partial charge in [-0.15, -0.1) is 0 Å². The van der Waals surface area contributed by atoms with Gasteiger partial charge < -0.3 is 5.11 Å². The Bertz CT molecular complexity index is 627. The van der Waals surface area contributed by atoms with E-state index in [1.165, 1.54) is 5.56 Å². The van der Waals surface area contributed by atoms with E-state index in [0.29, 0.717) is 11.5 Å². The number of carboxylic acids is 1. The van der Waals surface area contributed by atoms with Crippen molar-refractivity contribution in [3.05, 3.63) is 59.2 Å². The van der Waals surface area contributed by atoms with Gasteiger partial charge in [0.25, 0.3) is 0 Å². The number of aromatic carboxylic acids is 1. The summed E-state index contributed by atoms with van der Waals surface area (Å²) in [5.74, 6) is -0.292. The molecule has 0 saturated carbocycles. The Morgan fingerprint density at radius 3 is 2.55 bits per heavy atom. The highest BCUT2D eigenvalue weighted by Crippen LogP contribution is 2.26. The van der Waals surface area contributed by atoms with E-state index in [1.54, 1.807) is 6.07 Å². The van der Waals surface area contributed by atoms with Crippen LogP contribution in [0.25, 0.3) is 11.1 Å². The highest BCUT2D eigenvalue weighted by molar-refractivity contribution is 5.96. The van der Waals surface area contributed by atoms with E-state index in [4.69, 9.17) is 0 Å². The lowest BCUT2D eigenvalue weighted by molar-refractivity contribution is 0.0697. The molecule has 0 aliphatic rings. The SMILES string of the molecule is Cc1ccc(-c2cccc(CC(C)C)c2)c(C(=O)O)c1. The molecule has 2 nitrogen and oxygen atoms in total. The van der Waals surface area contributed by atoms with Gasteiger partial charge in [0.1, 0.15) is 0 Å². The van der Waals surface area contributed by atoms with Gasteiger partial charge in [0.05, 0.1) is 5.56 Å². The Morgan fingerprint density at radius 2 is 1.90 bits per heavy atom. The molecule has 2 heteroatoms. The van der Waals surface area contributed by atoms with Crippen LogP contribution in [0.1, 0.15) is 35.3 Å². The maximum absolute atomic E-state index is 11.4. The summed E-state index contributed by atoms with van der Waals surface area (Å²) in [5.41, 5.74) is 4.33. The fourth-order valence-corrected chi connectivity index (χ4v) is 2.42. The van der Waals surface area contributed by atoms with Gasteiger partial charge in [-0.25, -0.2) is 4.79 Å². The third kappa shape index (κ3) is 3.27. The second-order valence-corrected chi connectivity index (χ2v) is 5.65. The first-order chi connectivity index (χ1) is 9.47. The van der Waals surface area contributed by atoms with Crippen molar-refractivity contribution in [2.45, 2.75) is 27.2 Å². The maximum Gasteiger partial charge on any atom is 0.336 e. The summed E-state index contributed by atoms with van der Waals surface area (Å²) < 4.78 is 0. The number of aryl methyl sites for hydroxylation is 1. The average Bonchev–Trinajstić information content (AvgIpc) is 2.38. The second kappa shape index (κ2) is 5.91. The van der Waals surface area contributed by atoms with Gasteiger partial charge in [0.15, 0.2) is 0 Å². The van der Waals surface area contributed by atoms with Crippen LogP contribution < -0.4 is 0 Å². The first-order valence-electron chi connectivity index (χ1n) is 6.90. The fraction of sp³-hybridized carbons (Fsp3) is 0.278. The van der Waals surface area contributed by atoms with Crippen molar-refractivity contribution in [3.63, 3.8) is 0 Å². The summed E-state index contributed by atoms with van der Waals surface area (Å²) in [6, 6.07) is 13.7. The molecule has 0 aliphatic carbocycles. The van der Waals surface area contributed by atoms with Crippen molar-refractivity contribution in [3.8, 4) is 11.1 Å². The van der Waals surface area contributed by atoms with Crippen LogP contribution in [0.3, 0.4) is 0 Å². The van der Waals surface area contributed by atoms with Gasteiger partial charge in [-0.1, -0.05) is 55.8 Å². The minimum Gasteiger partial charge on any atom is -0.478 e. The largest absolute Gasteiger partial charge is 0.478 e. The summed E-state index contributed by atoms with van der Waals surface area (Å²) >= 11 is 0. The van der Waals surface area contributed by atoms with E-state index >= 15 is 0 Å². The highest BCUT2D eigenvalue weighted by Gasteiger charge is 2.12. The van der Waals surface area contributed by atoms with E-state index in [9.17, 15) is 9.90 Å². The Kier molecular flexibility index (Phi) is 4.23. The zero-order valence-electron chi connectivity index (χ0n) is 12.2. The molecule has 0 fully saturated rings. The van der Waals surface area contributed by atoms with Crippen molar-refractivity contribution in [2.75, 3.05) is 0 Å². The lowest BCUT2D eigenvalue weighted by atomic mass is 9.94. The van der Waals surface area contributed by atoms with E-state index in [-0.39, 0.29) is 0 Å². The second-order valence-electron chi connectivity index (χ2n) is 5.65. The number of hydrogen-bond donors (Lipinski definition) is 1. The van der Waals surface area contributed by atoms with Crippen LogP contribution >= 0.6 is 0 Å². The van der Waals surface area contributed by atoms with Crippen LogP contribution in [0.15, 0.2) is 42.5 Å². The van der Waals surface area contributed by atoms with Gasteiger partial charge >= 0.3 is 5.97 Å². The van der Waals surface area contributed by atoms with Crippen molar-refractivity contribution in [1.82, 2.24) is 0 Å². The summed E-state index contributed by atoms with van der Waals surface area (Å²) in [6.07, 6.45) is 1.00. The van der Waals surface area contributed by atoms with Gasteiger partial charge in [-0.05, 0) is 42.0 Å². The van der Waals surface area contributed by atoms with Gasteiger partial charge in [-0.2, -0.15) is 0 Å². The van der Waals surface area contributed by atoms with Crippen LogP contribution in [-0.4, -0.2) is 11.1 Å². The predicted octanol–water partition coefficient (Wildman–Crippen LogP) is 4.56. The molecule has 1 N–H and O–H groups in total. The number of hydrogen-bond acceptors (Lipinski definition) is 1. The van der Waals surface area contributed by atoms with Gasteiger partial charge in [-0.3, -0.25) is 0 Å². The fourth-order valence-electron chi connectivity index (χ4n) is 2.42. The molecular weight excluding hydrogens is 248 g/mol. The molecule has 2 rings (SSSR count).